The summed E-state index contributed by atoms with van der Waals surface area (Å²) in [6.45, 7) is 41.8. The molecule has 0 unspecified atom stereocenters. The van der Waals surface area contributed by atoms with Crippen molar-refractivity contribution in [2.24, 2.45) is 11.8 Å². The third kappa shape index (κ3) is 11.0. The molecule has 70 heavy (non-hydrogen) atoms. The van der Waals surface area contributed by atoms with Gasteiger partial charge in [-0.3, -0.25) is 0 Å². The van der Waals surface area contributed by atoms with E-state index < -0.39 is 28.2 Å². The van der Waals surface area contributed by atoms with Crippen LogP contribution >= 0.6 is 0 Å². The fourth-order valence-corrected chi connectivity index (χ4v) is 15.6. The van der Waals surface area contributed by atoms with Gasteiger partial charge in [-0.15, -0.1) is 0 Å². The van der Waals surface area contributed by atoms with Gasteiger partial charge in [-0.2, -0.15) is 0 Å². The second-order valence-electron chi connectivity index (χ2n) is 26.7. The molecule has 0 spiro atoms. The third-order valence-electron chi connectivity index (χ3n) is 19.0. The van der Waals surface area contributed by atoms with Crippen molar-refractivity contribution in [2.45, 2.75) is 298 Å². The Hall–Kier alpha value is -0.606. The first-order valence-electron chi connectivity index (χ1n) is 27.6. The third-order valence-corrected chi connectivity index (χ3v) is 27.9. The molecule has 1 N–H and O–H groups in total. The summed E-state index contributed by atoms with van der Waals surface area (Å²) in [7, 11) is -4.48. The summed E-state index contributed by atoms with van der Waals surface area (Å²) in [5.74, 6) is -1.03. The van der Waals surface area contributed by atoms with Crippen molar-refractivity contribution in [3.05, 3.63) is 24.3 Å². The fourth-order valence-electron chi connectivity index (χ4n) is 12.8. The van der Waals surface area contributed by atoms with Gasteiger partial charge in [0.15, 0.2) is 28.2 Å². The molecule has 0 saturated carbocycles. The Labute approximate surface area is 423 Å². The van der Waals surface area contributed by atoms with Gasteiger partial charge in [-0.25, -0.2) is 0 Å². The molecular formula is C55H94O13Si2. The van der Waals surface area contributed by atoms with E-state index in [4.69, 9.17) is 56.2 Å². The molecule has 6 bridgehead atoms. The average molecular weight is 1020 g/mol. The first-order chi connectivity index (χ1) is 32.7. The van der Waals surface area contributed by atoms with Crippen molar-refractivity contribution < 1.29 is 61.3 Å². The number of aliphatic hydroxyl groups is 1. The maximum absolute atomic E-state index is 9.66. The summed E-state index contributed by atoms with van der Waals surface area (Å²) in [5.41, 5.74) is 2.29. The topological polar surface area (TPSA) is 131 Å². The SMILES string of the molecule is C=C1C[C@H](CC[C@@]23C[C@@H]4O[C@H]5[C@@H](O2)[C@H]2O[C@@H](CCO)CC[C@@H]2O[C@H]5[C@@H]4O3)O[C@H]1CC[C@H]1C[C@@H](C)C(=C)[C@@H](C[C@@H]2O[C@@H](C[C@@H]3COC(C)(C)O3)[C@@H](O[Si](C)(C)C(C)(C)C)[C@H](C)[C@H]2O[Si](C)(C)C(C)(C)C)O1. The standard InChI is InChI=1S/C55H94O13Si2/c1-31-25-36(18-19-39-32(2)26-37(58-39)21-23-55-29-44-48(65-55)49-50(63-44)51(66-55)47-40(62-49)20-17-35(60-47)22-24-56)59-41(33(31)3)28-43-46(68-70(15,16)53(8,9)10)34(4)45(67-69(13,14)52(5,6)7)42(61-43)27-38-30-57-54(11,12)64-38/h31,34-51,56H,2-3,17-30H2,1,4-16H3/t31-,34+,35-,36+,37+,38-,39+,40+,41-,42+,43+,44+,45+,46-,47+,48-,49+,50-,51+,55+/m1/s1. The van der Waals surface area contributed by atoms with Crippen molar-refractivity contribution in [3.8, 4) is 0 Å². The van der Waals surface area contributed by atoms with E-state index in [1.165, 1.54) is 0 Å². The van der Waals surface area contributed by atoms with E-state index in [0.717, 1.165) is 56.1 Å². The molecule has 0 aromatic carbocycles. The molecule has 10 aliphatic rings. The van der Waals surface area contributed by atoms with E-state index in [0.29, 0.717) is 44.6 Å². The van der Waals surface area contributed by atoms with E-state index in [1.54, 1.807) is 0 Å². The lowest BCUT2D eigenvalue weighted by Crippen LogP contribution is -2.62. The second-order valence-corrected chi connectivity index (χ2v) is 36.2. The average Bonchev–Trinajstić information content (AvgIpc) is 3.96. The minimum absolute atomic E-state index is 0.00158. The molecule has 0 aromatic heterocycles. The summed E-state index contributed by atoms with van der Waals surface area (Å²) >= 11 is 0. The largest absolute Gasteiger partial charge is 0.411 e. The monoisotopic (exact) mass is 1020 g/mol. The Balaban J connectivity index is 0.849. The van der Waals surface area contributed by atoms with Crippen LogP contribution in [0.5, 0.6) is 0 Å². The number of aliphatic hydroxyl groups excluding tert-OH is 1. The number of rotatable bonds is 16. The molecule has 0 amide bonds. The summed E-state index contributed by atoms with van der Waals surface area (Å²) in [5, 5.41) is 9.70. The van der Waals surface area contributed by atoms with Crippen molar-refractivity contribution in [3.63, 3.8) is 0 Å². The Morgan fingerprint density at radius 3 is 1.91 bits per heavy atom. The molecule has 0 radical (unpaired) electrons. The first kappa shape index (κ1) is 54.2. The summed E-state index contributed by atoms with van der Waals surface area (Å²) < 4.78 is 82.5. The summed E-state index contributed by atoms with van der Waals surface area (Å²) in [4.78, 5) is 0. The van der Waals surface area contributed by atoms with Crippen LogP contribution in [0, 0.1) is 11.8 Å². The Morgan fingerprint density at radius 2 is 1.27 bits per heavy atom. The van der Waals surface area contributed by atoms with Crippen LogP contribution in [0.1, 0.15) is 146 Å². The van der Waals surface area contributed by atoms with E-state index in [-0.39, 0.29) is 126 Å². The lowest BCUT2D eigenvalue weighted by atomic mass is 9.80. The Morgan fingerprint density at radius 1 is 0.643 bits per heavy atom. The Kier molecular flexibility index (Phi) is 15.5. The van der Waals surface area contributed by atoms with Gasteiger partial charge < -0.3 is 61.3 Å². The van der Waals surface area contributed by atoms with Gasteiger partial charge in [0.05, 0.1) is 79.9 Å². The van der Waals surface area contributed by atoms with Crippen LogP contribution in [-0.2, 0) is 56.2 Å². The van der Waals surface area contributed by atoms with Crippen LogP contribution in [0.4, 0.5) is 0 Å². The highest BCUT2D eigenvalue weighted by Gasteiger charge is 2.69. The highest BCUT2D eigenvalue weighted by Crippen LogP contribution is 2.55. The van der Waals surface area contributed by atoms with Gasteiger partial charge in [0.1, 0.15) is 30.5 Å². The predicted octanol–water partition coefficient (Wildman–Crippen LogP) is 10.1. The number of hydrogen-bond donors (Lipinski definition) is 1. The highest BCUT2D eigenvalue weighted by molar-refractivity contribution is 6.74. The van der Waals surface area contributed by atoms with Gasteiger partial charge in [0.25, 0.3) is 0 Å². The molecule has 10 aliphatic heterocycles. The normalized spacial score (nSPS) is 45.1. The van der Waals surface area contributed by atoms with Gasteiger partial charge >= 0.3 is 0 Å². The molecule has 10 fully saturated rings. The van der Waals surface area contributed by atoms with Gasteiger partial charge in [0.2, 0.25) is 0 Å². The van der Waals surface area contributed by atoms with E-state index >= 15 is 0 Å². The number of ether oxygens (including phenoxy) is 10. The molecule has 10 saturated heterocycles. The van der Waals surface area contributed by atoms with Crippen molar-refractivity contribution in [1.82, 2.24) is 0 Å². The highest BCUT2D eigenvalue weighted by atomic mass is 28.4. The second kappa shape index (κ2) is 20.1. The fraction of sp³-hybridized carbons (Fsp3) is 0.927. The zero-order valence-corrected chi connectivity index (χ0v) is 47.6. The first-order valence-corrected chi connectivity index (χ1v) is 33.4. The summed E-state index contributed by atoms with van der Waals surface area (Å²) in [6, 6.07) is 0. The molecule has 10 rings (SSSR count). The molecule has 13 nitrogen and oxygen atoms in total. The van der Waals surface area contributed by atoms with Crippen LogP contribution in [0.3, 0.4) is 0 Å². The van der Waals surface area contributed by atoms with Gasteiger partial charge in [-0.1, -0.05) is 68.5 Å². The van der Waals surface area contributed by atoms with E-state index in [9.17, 15) is 5.11 Å². The van der Waals surface area contributed by atoms with Crippen LogP contribution in [0.2, 0.25) is 36.3 Å². The quantitative estimate of drug-likeness (QED) is 0.116. The van der Waals surface area contributed by atoms with Crippen LogP contribution < -0.4 is 0 Å². The minimum atomic E-state index is -2.26. The predicted molar refractivity (Wildman–Crippen MR) is 273 cm³/mol. The number of fused-ring (bicyclic) bond motifs is 1. The van der Waals surface area contributed by atoms with Crippen LogP contribution in [0.15, 0.2) is 24.3 Å². The maximum atomic E-state index is 9.66. The lowest BCUT2D eigenvalue weighted by molar-refractivity contribution is -0.293. The van der Waals surface area contributed by atoms with E-state index in [2.05, 4.69) is 94.7 Å². The van der Waals surface area contributed by atoms with Gasteiger partial charge in [-0.05, 0) is 119 Å². The smallest absolute Gasteiger partial charge is 0.192 e. The lowest BCUT2D eigenvalue weighted by Gasteiger charge is -2.53. The van der Waals surface area contributed by atoms with Crippen molar-refractivity contribution in [2.75, 3.05) is 13.2 Å². The molecule has 20 atom stereocenters. The molecule has 0 aliphatic carbocycles. The van der Waals surface area contributed by atoms with Crippen LogP contribution in [0.25, 0.3) is 0 Å². The van der Waals surface area contributed by atoms with Crippen molar-refractivity contribution in [1.29, 1.82) is 0 Å². The molecule has 400 valence electrons. The van der Waals surface area contributed by atoms with E-state index in [1.807, 2.05) is 13.8 Å². The van der Waals surface area contributed by atoms with Crippen molar-refractivity contribution >= 4 is 16.6 Å². The molecule has 15 heteroatoms. The summed E-state index contributed by atoms with van der Waals surface area (Å²) in [6.07, 6.45) is 7.36. The molecular weight excluding hydrogens is 925 g/mol. The zero-order valence-electron chi connectivity index (χ0n) is 45.6. The molecule has 0 aromatic rings. The zero-order chi connectivity index (χ0) is 50.5. The number of hydrogen-bond acceptors (Lipinski definition) is 13. The van der Waals surface area contributed by atoms with Gasteiger partial charge in [0, 0.05) is 38.2 Å². The Bertz CT molecular complexity index is 1860. The minimum Gasteiger partial charge on any atom is -0.411 e. The van der Waals surface area contributed by atoms with Crippen LogP contribution in [-0.4, -0.2) is 150 Å². The molecule has 10 heterocycles. The maximum Gasteiger partial charge on any atom is 0.192 e.